The molecular formula is C31H40N4O5. The van der Waals surface area contributed by atoms with Crippen molar-refractivity contribution in [2.24, 2.45) is 0 Å². The summed E-state index contributed by atoms with van der Waals surface area (Å²) in [4.78, 5) is 20.3. The molecule has 0 unspecified atom stereocenters. The van der Waals surface area contributed by atoms with Crippen LogP contribution >= 0.6 is 0 Å². The van der Waals surface area contributed by atoms with E-state index in [9.17, 15) is 4.79 Å². The number of anilines is 1. The molecule has 3 aromatic rings. The molecule has 0 saturated carbocycles. The number of benzene rings is 1. The molecule has 6 rings (SSSR count). The molecule has 214 valence electrons. The second kappa shape index (κ2) is 11.3. The minimum absolute atomic E-state index is 0.266. The van der Waals surface area contributed by atoms with Crippen molar-refractivity contribution in [2.45, 2.75) is 78.0 Å². The summed E-state index contributed by atoms with van der Waals surface area (Å²) in [6.07, 6.45) is 4.86. The van der Waals surface area contributed by atoms with Gasteiger partial charge in [0.25, 0.3) is 0 Å². The number of carbonyl (C=O) groups excluding carboxylic acids is 1. The highest BCUT2D eigenvalue weighted by molar-refractivity contribution is 5.80. The van der Waals surface area contributed by atoms with Crippen LogP contribution in [0.15, 0.2) is 36.4 Å². The van der Waals surface area contributed by atoms with Crippen LogP contribution < -0.4 is 4.90 Å². The van der Waals surface area contributed by atoms with Crippen molar-refractivity contribution in [2.75, 3.05) is 31.7 Å². The molecule has 1 aromatic carbocycles. The van der Waals surface area contributed by atoms with E-state index >= 15 is 0 Å². The first-order chi connectivity index (χ1) is 19.1. The van der Waals surface area contributed by atoms with Crippen LogP contribution in [0.25, 0.3) is 11.7 Å². The molecule has 5 heterocycles. The first kappa shape index (κ1) is 28.3. The van der Waals surface area contributed by atoms with E-state index in [1.165, 1.54) is 7.11 Å². The molecule has 9 heteroatoms. The molecule has 0 spiro atoms. The van der Waals surface area contributed by atoms with Crippen LogP contribution in [0.5, 0.6) is 0 Å². The van der Waals surface area contributed by atoms with Crippen molar-refractivity contribution in [1.29, 1.82) is 0 Å². The van der Waals surface area contributed by atoms with Crippen molar-refractivity contribution in [3.63, 3.8) is 0 Å². The largest absolute Gasteiger partial charge is 0.467 e. The van der Waals surface area contributed by atoms with E-state index in [0.29, 0.717) is 36.7 Å². The number of hydrogen-bond acceptors (Lipinski definition) is 8. The van der Waals surface area contributed by atoms with E-state index in [4.69, 9.17) is 29.0 Å². The summed E-state index contributed by atoms with van der Waals surface area (Å²) < 4.78 is 25.9. The molecule has 2 aromatic heterocycles. The Hall–Kier alpha value is -3.27. The Balaban J connectivity index is 1.62. The van der Waals surface area contributed by atoms with Gasteiger partial charge in [0, 0.05) is 24.8 Å². The van der Waals surface area contributed by atoms with Crippen molar-refractivity contribution in [1.82, 2.24) is 14.6 Å². The lowest BCUT2D eigenvalue weighted by molar-refractivity contribution is -0.164. The van der Waals surface area contributed by atoms with E-state index in [1.807, 2.05) is 50.4 Å². The zero-order chi connectivity index (χ0) is 28.5. The molecule has 0 radical (unpaired) electrons. The molecule has 1 atom stereocenters. The highest BCUT2D eigenvalue weighted by Crippen LogP contribution is 2.38. The van der Waals surface area contributed by atoms with E-state index < -0.39 is 17.7 Å². The Bertz CT molecular complexity index is 1400. The van der Waals surface area contributed by atoms with Crippen LogP contribution in [-0.4, -0.2) is 58.6 Å². The number of ether oxygens (including phenoxy) is 4. The number of aryl methyl sites for hydroxylation is 1. The molecule has 4 bridgehead atoms. The van der Waals surface area contributed by atoms with Crippen molar-refractivity contribution < 1.29 is 23.7 Å². The molecule has 40 heavy (non-hydrogen) atoms. The molecule has 1 fully saturated rings. The third-order valence-corrected chi connectivity index (χ3v) is 7.51. The van der Waals surface area contributed by atoms with Gasteiger partial charge in [-0.25, -0.2) is 9.78 Å². The predicted molar refractivity (Wildman–Crippen MR) is 153 cm³/mol. The normalized spacial score (nSPS) is 19.3. The fourth-order valence-corrected chi connectivity index (χ4v) is 5.38. The SMILES string of the molecule is COC(=O)[C@@H](OC(C)(C)C)c1c(C)nc2cc3nn2c1N1CCC(C)(CC1)OC/C=C\c1ccccc1COC3. The molecule has 0 aliphatic carbocycles. The smallest absolute Gasteiger partial charge is 0.339 e. The quantitative estimate of drug-likeness (QED) is 0.414. The van der Waals surface area contributed by atoms with Gasteiger partial charge < -0.3 is 23.8 Å². The number of nitrogens with zero attached hydrogens (tertiary/aromatic N) is 4. The monoisotopic (exact) mass is 548 g/mol. The minimum atomic E-state index is -0.957. The summed E-state index contributed by atoms with van der Waals surface area (Å²) in [6.45, 7) is 12.6. The van der Waals surface area contributed by atoms with Gasteiger partial charge in [0.2, 0.25) is 0 Å². The summed E-state index contributed by atoms with van der Waals surface area (Å²) >= 11 is 0. The maximum absolute atomic E-state index is 13.2. The number of piperidine rings is 1. The lowest BCUT2D eigenvalue weighted by atomic mass is 9.92. The second-order valence-electron chi connectivity index (χ2n) is 11.8. The van der Waals surface area contributed by atoms with Crippen LogP contribution in [-0.2, 0) is 37.0 Å². The van der Waals surface area contributed by atoms with Crippen LogP contribution in [0.2, 0.25) is 0 Å². The van der Waals surface area contributed by atoms with Gasteiger partial charge in [-0.2, -0.15) is 9.61 Å². The predicted octanol–water partition coefficient (Wildman–Crippen LogP) is 5.19. The van der Waals surface area contributed by atoms with Gasteiger partial charge in [-0.1, -0.05) is 36.4 Å². The third kappa shape index (κ3) is 6.06. The van der Waals surface area contributed by atoms with E-state index in [1.54, 1.807) is 0 Å². The molecule has 9 nitrogen and oxygen atoms in total. The third-order valence-electron chi connectivity index (χ3n) is 7.51. The summed E-state index contributed by atoms with van der Waals surface area (Å²) in [7, 11) is 1.38. The van der Waals surface area contributed by atoms with Gasteiger partial charge in [-0.3, -0.25) is 0 Å². The molecule has 3 aliphatic rings. The maximum atomic E-state index is 13.2. The van der Waals surface area contributed by atoms with Crippen molar-refractivity contribution in [3.8, 4) is 0 Å². The summed E-state index contributed by atoms with van der Waals surface area (Å²) in [6, 6.07) is 10.2. The van der Waals surface area contributed by atoms with E-state index in [-0.39, 0.29) is 5.60 Å². The van der Waals surface area contributed by atoms with E-state index in [0.717, 1.165) is 48.6 Å². The van der Waals surface area contributed by atoms with Gasteiger partial charge in [-0.15, -0.1) is 0 Å². The van der Waals surface area contributed by atoms with Crippen LogP contribution in [0.3, 0.4) is 0 Å². The lowest BCUT2D eigenvalue weighted by Crippen LogP contribution is -2.45. The molecule has 3 aliphatic heterocycles. The van der Waals surface area contributed by atoms with Gasteiger partial charge in [0.1, 0.15) is 5.82 Å². The fraction of sp³-hybridized carbons (Fsp3) is 0.516. The summed E-state index contributed by atoms with van der Waals surface area (Å²) in [5.41, 5.74) is 4.19. The topological polar surface area (TPSA) is 87.4 Å². The van der Waals surface area contributed by atoms with Crippen LogP contribution in [0, 0.1) is 6.92 Å². The highest BCUT2D eigenvalue weighted by atomic mass is 16.6. The van der Waals surface area contributed by atoms with Gasteiger partial charge >= 0.3 is 5.97 Å². The lowest BCUT2D eigenvalue weighted by Gasteiger charge is -2.41. The Morgan fingerprint density at radius 2 is 1.90 bits per heavy atom. The standard InChI is InChI=1S/C31H40N4O5/c1-21-26(27(29(36)37-6)40-30(2,3)4)28-34-15-13-31(5,14-16-34)39-17-9-12-22-10-7-8-11-23(22)19-38-20-24-18-25(32-21)35(28)33-24/h7-12,18,27H,13-17,19-20H2,1-6H3/b12-9-/t27-/m0/s1. The Morgan fingerprint density at radius 1 is 1.15 bits per heavy atom. The number of aromatic nitrogens is 3. The van der Waals surface area contributed by atoms with Crippen molar-refractivity contribution in [3.05, 3.63) is 64.5 Å². The molecule has 0 N–H and O–H groups in total. The first-order valence-electron chi connectivity index (χ1n) is 13.9. The van der Waals surface area contributed by atoms with Crippen LogP contribution in [0.4, 0.5) is 5.82 Å². The fourth-order valence-electron chi connectivity index (χ4n) is 5.38. The average Bonchev–Trinajstić information content (AvgIpc) is 3.31. The molecule has 1 saturated heterocycles. The summed E-state index contributed by atoms with van der Waals surface area (Å²) in [5, 5.41) is 4.93. The molecule has 0 amide bonds. The Kier molecular flexibility index (Phi) is 7.99. The van der Waals surface area contributed by atoms with E-state index in [2.05, 4.69) is 36.1 Å². The molecular weight excluding hydrogens is 508 g/mol. The highest BCUT2D eigenvalue weighted by Gasteiger charge is 2.38. The zero-order valence-corrected chi connectivity index (χ0v) is 24.4. The van der Waals surface area contributed by atoms with Gasteiger partial charge in [-0.05, 0) is 58.6 Å². The number of rotatable bonds is 3. The second-order valence-corrected chi connectivity index (χ2v) is 11.8. The number of methoxy groups -OCH3 is 1. The Morgan fingerprint density at radius 3 is 2.62 bits per heavy atom. The average molecular weight is 549 g/mol. The number of fused-ring (bicyclic) bond motifs is 6. The van der Waals surface area contributed by atoms with Gasteiger partial charge in [0.15, 0.2) is 11.8 Å². The van der Waals surface area contributed by atoms with Crippen molar-refractivity contribution >= 4 is 23.5 Å². The number of carbonyl (C=O) groups is 1. The first-order valence-corrected chi connectivity index (χ1v) is 13.9. The number of hydrogen-bond donors (Lipinski definition) is 0. The zero-order valence-electron chi connectivity index (χ0n) is 24.4. The van der Waals surface area contributed by atoms with Crippen LogP contribution in [0.1, 0.15) is 74.7 Å². The number of esters is 1. The maximum Gasteiger partial charge on any atom is 0.339 e. The minimum Gasteiger partial charge on any atom is -0.467 e. The Labute approximate surface area is 236 Å². The van der Waals surface area contributed by atoms with Gasteiger partial charge in [0.05, 0.1) is 49.4 Å². The summed E-state index contributed by atoms with van der Waals surface area (Å²) in [5.74, 6) is 0.329.